The second-order valence-corrected chi connectivity index (χ2v) is 9.81. The van der Waals surface area contributed by atoms with Gasteiger partial charge in [0.1, 0.15) is 5.75 Å². The average Bonchev–Trinajstić information content (AvgIpc) is 3.10. The first-order valence-electron chi connectivity index (χ1n) is 11.9. The maximum atomic E-state index is 14.0. The first kappa shape index (κ1) is 21.5. The summed E-state index contributed by atoms with van der Waals surface area (Å²) in [7, 11) is 0. The molecule has 4 atom stereocenters. The Kier molecular flexibility index (Phi) is 4.78. The van der Waals surface area contributed by atoms with E-state index in [1.807, 2.05) is 93.6 Å². The van der Waals surface area contributed by atoms with Crippen LogP contribution in [0.1, 0.15) is 33.7 Å². The number of nitrogens with zero attached hydrogens (tertiary/aromatic N) is 1. The molecule has 2 aliphatic heterocycles. The minimum absolute atomic E-state index is 0.264. The highest BCUT2D eigenvalue weighted by Crippen LogP contribution is 2.54. The molecule has 1 saturated heterocycles. The summed E-state index contributed by atoms with van der Waals surface area (Å²) >= 11 is 0. The SMILES string of the molecule is Cc1ccc2c(c1)OC(=O)[C@@H]1C2=C[C@H](c2ccccc2)[C@H]2C(=O)N(c3cc(C)ccc3C)C(=O)[C@H]12. The highest BCUT2D eigenvalue weighted by molar-refractivity contribution is 6.25. The molecule has 0 radical (unpaired) electrons. The predicted molar refractivity (Wildman–Crippen MR) is 133 cm³/mol. The molecule has 3 aliphatic rings. The summed E-state index contributed by atoms with van der Waals surface area (Å²) in [4.78, 5) is 42.7. The Labute approximate surface area is 204 Å². The number of carbonyl (C=O) groups excluding carboxylic acids is 3. The zero-order chi connectivity index (χ0) is 24.4. The van der Waals surface area contributed by atoms with Crippen LogP contribution in [0.3, 0.4) is 0 Å². The number of rotatable bonds is 2. The summed E-state index contributed by atoms with van der Waals surface area (Å²) in [6.07, 6.45) is 2.02. The summed E-state index contributed by atoms with van der Waals surface area (Å²) in [5, 5.41) is 0. The normalized spacial score (nSPS) is 24.9. The van der Waals surface area contributed by atoms with Crippen LogP contribution in [0.5, 0.6) is 5.75 Å². The minimum Gasteiger partial charge on any atom is -0.425 e. The van der Waals surface area contributed by atoms with Gasteiger partial charge < -0.3 is 4.74 Å². The van der Waals surface area contributed by atoms with Crippen molar-refractivity contribution < 1.29 is 19.1 Å². The number of imide groups is 1. The van der Waals surface area contributed by atoms with Crippen molar-refractivity contribution in [3.63, 3.8) is 0 Å². The number of amides is 2. The fourth-order valence-corrected chi connectivity index (χ4v) is 5.87. The number of anilines is 1. The van der Waals surface area contributed by atoms with Gasteiger partial charge in [-0.25, -0.2) is 4.90 Å². The summed E-state index contributed by atoms with van der Waals surface area (Å²) in [5.41, 5.74) is 5.90. The van der Waals surface area contributed by atoms with E-state index in [1.165, 1.54) is 4.90 Å². The van der Waals surface area contributed by atoms with Crippen LogP contribution in [0.2, 0.25) is 0 Å². The fourth-order valence-electron chi connectivity index (χ4n) is 5.87. The van der Waals surface area contributed by atoms with E-state index < -0.39 is 23.7 Å². The van der Waals surface area contributed by atoms with Crippen molar-refractivity contribution in [2.75, 3.05) is 4.90 Å². The van der Waals surface area contributed by atoms with Crippen molar-refractivity contribution >= 4 is 29.0 Å². The van der Waals surface area contributed by atoms with Gasteiger partial charge in [0.05, 0.1) is 23.4 Å². The van der Waals surface area contributed by atoms with Gasteiger partial charge in [-0.05, 0) is 60.7 Å². The van der Waals surface area contributed by atoms with E-state index in [2.05, 4.69) is 0 Å². The van der Waals surface area contributed by atoms with Crippen molar-refractivity contribution in [1.82, 2.24) is 0 Å². The molecule has 35 heavy (non-hydrogen) atoms. The summed E-state index contributed by atoms with van der Waals surface area (Å²) in [6.45, 7) is 5.77. The molecule has 1 aliphatic carbocycles. The van der Waals surface area contributed by atoms with E-state index in [0.717, 1.165) is 33.4 Å². The molecule has 0 saturated carbocycles. The minimum atomic E-state index is -0.824. The Morgan fingerprint density at radius 1 is 0.771 bits per heavy atom. The van der Waals surface area contributed by atoms with E-state index in [-0.39, 0.29) is 17.7 Å². The zero-order valence-corrected chi connectivity index (χ0v) is 19.8. The van der Waals surface area contributed by atoms with Gasteiger partial charge in [-0.3, -0.25) is 14.4 Å². The van der Waals surface area contributed by atoms with Crippen LogP contribution in [0.4, 0.5) is 5.69 Å². The van der Waals surface area contributed by atoms with Crippen LogP contribution in [-0.2, 0) is 14.4 Å². The molecule has 0 N–H and O–H groups in total. The number of carbonyl (C=O) groups is 3. The molecule has 1 fully saturated rings. The van der Waals surface area contributed by atoms with E-state index in [1.54, 1.807) is 0 Å². The standard InChI is InChI=1S/C30H25NO4/c1-16-9-11-18(3)23(13-16)31-28(32)25-21(19-7-5-4-6-8-19)15-22-20-12-10-17(2)14-24(20)35-30(34)26(22)27(25)29(31)33/h4-15,21,25-27H,1-3H3/t21-,25-,26-,27+/m1/s1. The fraction of sp³-hybridized carbons (Fsp3) is 0.233. The van der Waals surface area contributed by atoms with E-state index in [0.29, 0.717) is 11.4 Å². The number of hydrogen-bond donors (Lipinski definition) is 0. The Hall–Kier alpha value is -3.99. The van der Waals surface area contributed by atoms with Crippen LogP contribution >= 0.6 is 0 Å². The molecule has 6 rings (SSSR count). The maximum absolute atomic E-state index is 14.0. The number of esters is 1. The van der Waals surface area contributed by atoms with Crippen molar-refractivity contribution in [3.05, 3.63) is 101 Å². The van der Waals surface area contributed by atoms with Crippen LogP contribution in [0, 0.1) is 38.5 Å². The van der Waals surface area contributed by atoms with Crippen LogP contribution in [-0.4, -0.2) is 17.8 Å². The van der Waals surface area contributed by atoms with Crippen LogP contribution < -0.4 is 9.64 Å². The molecule has 0 spiro atoms. The second kappa shape index (κ2) is 7.77. The second-order valence-electron chi connectivity index (χ2n) is 9.81. The van der Waals surface area contributed by atoms with Crippen LogP contribution in [0.15, 0.2) is 72.8 Å². The molecule has 0 aromatic heterocycles. The van der Waals surface area contributed by atoms with Gasteiger partial charge in [0.15, 0.2) is 0 Å². The predicted octanol–water partition coefficient (Wildman–Crippen LogP) is 5.13. The third-order valence-corrected chi connectivity index (χ3v) is 7.54. The van der Waals surface area contributed by atoms with Gasteiger partial charge >= 0.3 is 5.97 Å². The number of allylic oxidation sites excluding steroid dienone is 1. The monoisotopic (exact) mass is 463 g/mol. The lowest BCUT2D eigenvalue weighted by Gasteiger charge is -2.38. The van der Waals surface area contributed by atoms with E-state index in [4.69, 9.17) is 4.74 Å². The molecule has 3 aromatic carbocycles. The number of ether oxygens (including phenoxy) is 1. The van der Waals surface area contributed by atoms with Gasteiger partial charge in [-0.2, -0.15) is 0 Å². The van der Waals surface area contributed by atoms with Crippen molar-refractivity contribution in [2.24, 2.45) is 17.8 Å². The van der Waals surface area contributed by atoms with E-state index >= 15 is 0 Å². The molecule has 5 nitrogen and oxygen atoms in total. The van der Waals surface area contributed by atoms with Crippen LogP contribution in [0.25, 0.3) is 5.57 Å². The lowest BCUT2D eigenvalue weighted by atomic mass is 9.64. The molecule has 2 amide bonds. The Morgan fingerprint density at radius 3 is 2.23 bits per heavy atom. The molecular weight excluding hydrogens is 438 g/mol. The highest BCUT2D eigenvalue weighted by atomic mass is 16.5. The average molecular weight is 464 g/mol. The lowest BCUT2D eigenvalue weighted by Crippen LogP contribution is -2.42. The van der Waals surface area contributed by atoms with Gasteiger partial charge in [0, 0.05) is 11.5 Å². The molecular formula is C30H25NO4. The van der Waals surface area contributed by atoms with E-state index in [9.17, 15) is 14.4 Å². The third-order valence-electron chi connectivity index (χ3n) is 7.54. The number of aryl methyl sites for hydroxylation is 3. The Balaban J connectivity index is 1.56. The van der Waals surface area contributed by atoms with Gasteiger partial charge in [-0.1, -0.05) is 60.7 Å². The van der Waals surface area contributed by atoms with Crippen molar-refractivity contribution in [1.29, 1.82) is 0 Å². The van der Waals surface area contributed by atoms with Crippen molar-refractivity contribution in [3.8, 4) is 5.75 Å². The summed E-state index contributed by atoms with van der Waals surface area (Å²) in [6, 6.07) is 21.3. The molecule has 0 bridgehead atoms. The lowest BCUT2D eigenvalue weighted by molar-refractivity contribution is -0.142. The third kappa shape index (κ3) is 3.18. The highest BCUT2D eigenvalue weighted by Gasteiger charge is 2.60. The van der Waals surface area contributed by atoms with Crippen molar-refractivity contribution in [2.45, 2.75) is 26.7 Å². The number of benzene rings is 3. The summed E-state index contributed by atoms with van der Waals surface area (Å²) in [5.74, 6) is -3.22. The maximum Gasteiger partial charge on any atom is 0.319 e. The Morgan fingerprint density at radius 2 is 1.46 bits per heavy atom. The largest absolute Gasteiger partial charge is 0.425 e. The molecule has 3 aromatic rings. The number of fused-ring (bicyclic) bond motifs is 5. The summed E-state index contributed by atoms with van der Waals surface area (Å²) < 4.78 is 5.74. The smallest absolute Gasteiger partial charge is 0.319 e. The van der Waals surface area contributed by atoms with Gasteiger partial charge in [0.25, 0.3) is 0 Å². The first-order chi connectivity index (χ1) is 16.8. The molecule has 174 valence electrons. The molecule has 0 unspecified atom stereocenters. The zero-order valence-electron chi connectivity index (χ0n) is 19.8. The number of hydrogen-bond acceptors (Lipinski definition) is 4. The quantitative estimate of drug-likeness (QED) is 0.300. The molecule has 5 heteroatoms. The Bertz CT molecular complexity index is 1440. The van der Waals surface area contributed by atoms with Gasteiger partial charge in [0.2, 0.25) is 11.8 Å². The first-order valence-corrected chi connectivity index (χ1v) is 11.9. The topological polar surface area (TPSA) is 63.7 Å². The van der Waals surface area contributed by atoms with Gasteiger partial charge in [-0.15, -0.1) is 0 Å². The molecule has 2 heterocycles.